The highest BCUT2D eigenvalue weighted by atomic mass is 16.6. The number of aromatic nitrogens is 2. The molecule has 4 aromatic rings. The van der Waals surface area contributed by atoms with Gasteiger partial charge in [0.15, 0.2) is 5.76 Å². The summed E-state index contributed by atoms with van der Waals surface area (Å²) >= 11 is 0. The van der Waals surface area contributed by atoms with Gasteiger partial charge in [0.2, 0.25) is 5.89 Å². The second kappa shape index (κ2) is 7.87. The highest BCUT2D eigenvalue weighted by molar-refractivity contribution is 6.05. The van der Waals surface area contributed by atoms with E-state index in [9.17, 15) is 14.9 Å². The van der Waals surface area contributed by atoms with Crippen molar-refractivity contribution in [1.82, 2.24) is 10.2 Å². The number of benzene rings is 2. The fourth-order valence-corrected chi connectivity index (χ4v) is 2.71. The maximum Gasteiger partial charge on any atom is 0.283 e. The van der Waals surface area contributed by atoms with Crippen LogP contribution in [-0.2, 0) is 0 Å². The van der Waals surface area contributed by atoms with Crippen LogP contribution in [0.1, 0.15) is 10.4 Å². The lowest BCUT2D eigenvalue weighted by molar-refractivity contribution is -0.384. The van der Waals surface area contributed by atoms with Crippen LogP contribution in [0.15, 0.2) is 69.7 Å². The van der Waals surface area contributed by atoms with Crippen LogP contribution >= 0.6 is 0 Å². The van der Waals surface area contributed by atoms with E-state index < -0.39 is 10.8 Å². The minimum absolute atomic E-state index is 0.0874. The minimum atomic E-state index is -0.591. The Morgan fingerprint density at radius 2 is 1.93 bits per heavy atom. The third-order valence-corrected chi connectivity index (χ3v) is 4.12. The maximum absolute atomic E-state index is 12.6. The summed E-state index contributed by atoms with van der Waals surface area (Å²) in [6.45, 7) is 0. The van der Waals surface area contributed by atoms with E-state index in [4.69, 9.17) is 13.6 Å². The Hall–Kier alpha value is -4.47. The van der Waals surface area contributed by atoms with Crippen molar-refractivity contribution in [2.24, 2.45) is 0 Å². The van der Waals surface area contributed by atoms with Gasteiger partial charge in [-0.25, -0.2) is 0 Å². The highest BCUT2D eigenvalue weighted by Crippen LogP contribution is 2.27. The fourth-order valence-electron chi connectivity index (χ4n) is 2.71. The van der Waals surface area contributed by atoms with Crippen molar-refractivity contribution in [1.29, 1.82) is 0 Å². The summed E-state index contributed by atoms with van der Waals surface area (Å²) < 4.78 is 15.9. The summed E-state index contributed by atoms with van der Waals surface area (Å²) in [5, 5.41) is 21.7. The van der Waals surface area contributed by atoms with Gasteiger partial charge in [-0.05, 0) is 36.4 Å². The molecule has 0 fully saturated rings. The van der Waals surface area contributed by atoms with E-state index >= 15 is 0 Å². The summed E-state index contributed by atoms with van der Waals surface area (Å²) in [5.74, 6) is 0.593. The van der Waals surface area contributed by atoms with Gasteiger partial charge in [0.05, 0.1) is 29.9 Å². The first-order chi connectivity index (χ1) is 14.5. The number of nitrogens with one attached hydrogen (secondary N) is 1. The van der Waals surface area contributed by atoms with E-state index in [1.165, 1.54) is 31.6 Å². The van der Waals surface area contributed by atoms with E-state index in [2.05, 4.69) is 15.5 Å². The van der Waals surface area contributed by atoms with Crippen molar-refractivity contribution in [2.45, 2.75) is 0 Å². The summed E-state index contributed by atoms with van der Waals surface area (Å²) in [4.78, 5) is 23.1. The Balaban J connectivity index is 1.57. The van der Waals surface area contributed by atoms with Gasteiger partial charge in [-0.1, -0.05) is 6.07 Å². The molecule has 2 aromatic heterocycles. The third-order valence-electron chi connectivity index (χ3n) is 4.12. The standard InChI is InChI=1S/C20H14N4O6/c1-28-16-10-13(9-15(11-16)24(26)27)18(25)21-14-5-2-4-12(8-14)19-22-23-20(30-19)17-6-3-7-29-17/h2-11H,1H3,(H,21,25). The Labute approximate surface area is 169 Å². The van der Waals surface area contributed by atoms with Gasteiger partial charge in [0, 0.05) is 17.3 Å². The van der Waals surface area contributed by atoms with E-state index in [0.717, 1.165) is 0 Å². The molecular weight excluding hydrogens is 392 g/mol. The van der Waals surface area contributed by atoms with Crippen LogP contribution in [-0.4, -0.2) is 28.1 Å². The number of non-ortho nitro benzene ring substituents is 1. The number of nitro groups is 1. The topological polar surface area (TPSA) is 134 Å². The predicted molar refractivity (Wildman–Crippen MR) is 105 cm³/mol. The molecule has 0 spiro atoms. The molecule has 0 aliphatic carbocycles. The summed E-state index contributed by atoms with van der Waals surface area (Å²) in [6, 6.07) is 14.0. The van der Waals surface area contributed by atoms with Gasteiger partial charge in [0.25, 0.3) is 17.5 Å². The number of carbonyl (C=O) groups excluding carboxylic acids is 1. The van der Waals surface area contributed by atoms with E-state index in [1.807, 2.05) is 0 Å². The number of nitro benzene ring substituents is 1. The first kappa shape index (κ1) is 18.9. The Morgan fingerprint density at radius 1 is 1.10 bits per heavy atom. The zero-order valence-electron chi connectivity index (χ0n) is 15.6. The second-order valence-electron chi connectivity index (χ2n) is 6.10. The molecule has 0 bridgehead atoms. The monoisotopic (exact) mass is 406 g/mol. The summed E-state index contributed by atoms with van der Waals surface area (Å²) in [6.07, 6.45) is 1.50. The molecule has 30 heavy (non-hydrogen) atoms. The molecule has 10 nitrogen and oxygen atoms in total. The molecule has 0 aliphatic heterocycles. The average molecular weight is 406 g/mol. The quantitative estimate of drug-likeness (QED) is 0.372. The van der Waals surface area contributed by atoms with Gasteiger partial charge in [-0.15, -0.1) is 10.2 Å². The number of ether oxygens (including phenoxy) is 1. The van der Waals surface area contributed by atoms with Crippen molar-refractivity contribution in [2.75, 3.05) is 12.4 Å². The summed E-state index contributed by atoms with van der Waals surface area (Å²) in [7, 11) is 1.37. The molecule has 2 heterocycles. The van der Waals surface area contributed by atoms with Gasteiger partial charge in [0.1, 0.15) is 5.75 Å². The SMILES string of the molecule is COc1cc(C(=O)Nc2cccc(-c3nnc(-c4ccco4)o3)c2)cc([N+](=O)[O-])c1. The number of carbonyl (C=O) groups is 1. The third kappa shape index (κ3) is 3.87. The predicted octanol–water partition coefficient (Wildman–Crippen LogP) is 4.17. The normalized spacial score (nSPS) is 10.6. The minimum Gasteiger partial charge on any atom is -0.496 e. The van der Waals surface area contributed by atoms with Crippen LogP contribution in [0.25, 0.3) is 23.1 Å². The molecule has 1 amide bonds. The lowest BCUT2D eigenvalue weighted by Gasteiger charge is -2.08. The average Bonchev–Trinajstić information content (AvgIpc) is 3.45. The maximum atomic E-state index is 12.6. The van der Waals surface area contributed by atoms with E-state index in [1.54, 1.807) is 36.4 Å². The number of rotatable bonds is 6. The molecular formula is C20H14N4O6. The van der Waals surface area contributed by atoms with Crippen LogP contribution < -0.4 is 10.1 Å². The molecule has 0 radical (unpaired) electrons. The smallest absolute Gasteiger partial charge is 0.283 e. The van der Waals surface area contributed by atoms with Crippen LogP contribution in [0.3, 0.4) is 0 Å². The van der Waals surface area contributed by atoms with Crippen molar-refractivity contribution in [3.8, 4) is 28.9 Å². The first-order valence-corrected chi connectivity index (χ1v) is 8.66. The van der Waals surface area contributed by atoms with E-state index in [-0.39, 0.29) is 28.8 Å². The van der Waals surface area contributed by atoms with Gasteiger partial charge >= 0.3 is 0 Å². The summed E-state index contributed by atoms with van der Waals surface area (Å²) in [5.41, 5.74) is 0.865. The molecule has 0 aliphatic rings. The van der Waals surface area contributed by atoms with Gasteiger partial charge in [-0.3, -0.25) is 14.9 Å². The first-order valence-electron chi connectivity index (χ1n) is 8.66. The zero-order valence-corrected chi connectivity index (χ0v) is 15.6. The second-order valence-corrected chi connectivity index (χ2v) is 6.10. The molecule has 0 saturated heterocycles. The lowest BCUT2D eigenvalue weighted by atomic mass is 10.1. The number of hydrogen-bond donors (Lipinski definition) is 1. The van der Waals surface area contributed by atoms with Crippen LogP contribution in [0.2, 0.25) is 0 Å². The largest absolute Gasteiger partial charge is 0.496 e. The van der Waals surface area contributed by atoms with Crippen molar-refractivity contribution < 1.29 is 23.3 Å². The van der Waals surface area contributed by atoms with Gasteiger partial charge in [-0.2, -0.15) is 0 Å². The molecule has 4 rings (SSSR count). The molecule has 2 aromatic carbocycles. The lowest BCUT2D eigenvalue weighted by Crippen LogP contribution is -2.12. The Bertz CT molecular complexity index is 1220. The molecule has 0 unspecified atom stereocenters. The highest BCUT2D eigenvalue weighted by Gasteiger charge is 2.16. The molecule has 0 saturated carbocycles. The molecule has 0 atom stereocenters. The number of hydrogen-bond acceptors (Lipinski definition) is 8. The molecule has 150 valence electrons. The van der Waals surface area contributed by atoms with E-state index in [0.29, 0.717) is 17.0 Å². The number of nitrogens with zero attached hydrogens (tertiary/aromatic N) is 3. The van der Waals surface area contributed by atoms with Crippen LogP contribution in [0.5, 0.6) is 5.75 Å². The number of furan rings is 1. The Morgan fingerprint density at radius 3 is 2.67 bits per heavy atom. The van der Waals surface area contributed by atoms with Crippen molar-refractivity contribution in [3.05, 3.63) is 76.5 Å². The van der Waals surface area contributed by atoms with Crippen molar-refractivity contribution >= 4 is 17.3 Å². The van der Waals surface area contributed by atoms with Crippen molar-refractivity contribution in [3.63, 3.8) is 0 Å². The Kier molecular flexibility index (Phi) is 4.95. The fraction of sp³-hybridized carbons (Fsp3) is 0.0500. The van der Waals surface area contributed by atoms with Crippen LogP contribution in [0.4, 0.5) is 11.4 Å². The molecule has 1 N–H and O–H groups in total. The van der Waals surface area contributed by atoms with Crippen LogP contribution in [0, 0.1) is 10.1 Å². The zero-order chi connectivity index (χ0) is 21.1. The number of methoxy groups -OCH3 is 1. The molecule has 10 heteroatoms. The number of amides is 1. The number of anilines is 1. The van der Waals surface area contributed by atoms with Gasteiger partial charge < -0.3 is 18.9 Å².